The van der Waals surface area contributed by atoms with E-state index in [-0.39, 0.29) is 0 Å². The predicted molar refractivity (Wildman–Crippen MR) is 109 cm³/mol. The highest BCUT2D eigenvalue weighted by Gasteiger charge is 2.44. The van der Waals surface area contributed by atoms with Gasteiger partial charge in [0.05, 0.1) is 0 Å². The van der Waals surface area contributed by atoms with E-state index in [0.29, 0.717) is 42.5 Å². The first-order valence-electron chi connectivity index (χ1n) is 10.8. The summed E-state index contributed by atoms with van der Waals surface area (Å²) in [5.74, 6) is 1.58. The minimum Gasteiger partial charge on any atom is -0.361 e. The van der Waals surface area contributed by atoms with Crippen LogP contribution in [0, 0.1) is 11.8 Å². The van der Waals surface area contributed by atoms with Gasteiger partial charge in [-0.25, -0.2) is 0 Å². The third-order valence-electron chi connectivity index (χ3n) is 7.04. The molecule has 1 aromatic carbocycles. The molecule has 0 spiro atoms. The Balaban J connectivity index is 1.18. The minimum absolute atomic E-state index is 0.296. The molecule has 0 saturated carbocycles. The molecule has 3 aliphatic heterocycles. The van der Waals surface area contributed by atoms with Crippen LogP contribution in [0.2, 0.25) is 0 Å². The number of para-hydroxylation sites is 1. The molecular formula is C23H29N3O2. The van der Waals surface area contributed by atoms with E-state index >= 15 is 0 Å². The van der Waals surface area contributed by atoms with Gasteiger partial charge < -0.3 is 14.8 Å². The zero-order valence-corrected chi connectivity index (χ0v) is 16.4. The second kappa shape index (κ2) is 7.26. The first-order chi connectivity index (χ1) is 13.7. The Morgan fingerprint density at radius 1 is 1.18 bits per heavy atom. The lowest BCUT2D eigenvalue weighted by Gasteiger charge is -2.52. The molecule has 1 aromatic heterocycles. The average molecular weight is 380 g/mol. The topological polar surface area (TPSA) is 56.4 Å². The fourth-order valence-corrected chi connectivity index (χ4v) is 5.74. The molecule has 2 aromatic rings. The Labute approximate surface area is 166 Å². The maximum atomic E-state index is 12.9. The lowest BCUT2D eigenvalue weighted by molar-refractivity contribution is -0.148. The van der Waals surface area contributed by atoms with Gasteiger partial charge in [-0.15, -0.1) is 0 Å². The monoisotopic (exact) mass is 379 g/mol. The SMILES string of the molecule is O=C(CCCc1c[nH]c2ccccc12)N1C[C@H]2C[C@H](C1)[C@@H]1CCCC(=O)N1C2. The molecule has 5 nitrogen and oxygen atoms in total. The van der Waals surface area contributed by atoms with Gasteiger partial charge in [-0.05, 0) is 55.6 Å². The summed E-state index contributed by atoms with van der Waals surface area (Å²) in [4.78, 5) is 32.7. The minimum atomic E-state index is 0.296. The van der Waals surface area contributed by atoms with Gasteiger partial charge >= 0.3 is 0 Å². The van der Waals surface area contributed by atoms with Crippen molar-refractivity contribution in [1.29, 1.82) is 0 Å². The van der Waals surface area contributed by atoms with Crippen molar-refractivity contribution in [2.75, 3.05) is 19.6 Å². The fraction of sp³-hybridized carbons (Fsp3) is 0.565. The Hall–Kier alpha value is -2.30. The fourth-order valence-electron chi connectivity index (χ4n) is 5.74. The second-order valence-electron chi connectivity index (χ2n) is 8.88. The first-order valence-corrected chi connectivity index (χ1v) is 10.8. The second-order valence-corrected chi connectivity index (χ2v) is 8.88. The predicted octanol–water partition coefficient (Wildman–Crippen LogP) is 3.35. The summed E-state index contributed by atoms with van der Waals surface area (Å²) in [6.07, 6.45) is 8.55. The number of aromatic nitrogens is 1. The molecule has 5 heteroatoms. The van der Waals surface area contributed by atoms with E-state index in [1.165, 1.54) is 22.9 Å². The highest BCUT2D eigenvalue weighted by atomic mass is 16.2. The molecule has 4 heterocycles. The number of nitrogens with zero attached hydrogens (tertiary/aromatic N) is 2. The Kier molecular flexibility index (Phi) is 4.61. The van der Waals surface area contributed by atoms with Crippen molar-refractivity contribution in [2.45, 2.75) is 51.0 Å². The Morgan fingerprint density at radius 3 is 3.00 bits per heavy atom. The van der Waals surface area contributed by atoms with E-state index in [9.17, 15) is 9.59 Å². The number of carbonyl (C=O) groups is 2. The molecule has 148 valence electrons. The molecule has 3 aliphatic rings. The number of amides is 2. The van der Waals surface area contributed by atoms with Crippen molar-refractivity contribution in [3.8, 4) is 0 Å². The number of H-pyrrole nitrogens is 1. The maximum absolute atomic E-state index is 12.9. The summed E-state index contributed by atoms with van der Waals surface area (Å²) in [5.41, 5.74) is 2.47. The molecule has 0 radical (unpaired) electrons. The molecule has 2 bridgehead atoms. The standard InChI is InChI=1S/C23H29N3O2/c27-22(9-3-5-17-12-24-20-7-2-1-6-19(17)20)25-13-16-11-18(15-25)21-8-4-10-23(28)26(21)14-16/h1-2,6-7,12,16,18,21,24H,3-5,8-11,13-15H2/t16-,18-,21+/m1/s1. The van der Waals surface area contributed by atoms with Crippen LogP contribution in [0.15, 0.2) is 30.5 Å². The zero-order chi connectivity index (χ0) is 19.1. The van der Waals surface area contributed by atoms with Gasteiger partial charge in [-0.2, -0.15) is 0 Å². The van der Waals surface area contributed by atoms with E-state index < -0.39 is 0 Å². The van der Waals surface area contributed by atoms with Crippen LogP contribution in [0.5, 0.6) is 0 Å². The van der Waals surface area contributed by atoms with Crippen LogP contribution in [0.1, 0.15) is 44.1 Å². The number of benzene rings is 1. The van der Waals surface area contributed by atoms with Crippen molar-refractivity contribution in [2.24, 2.45) is 11.8 Å². The van der Waals surface area contributed by atoms with Gasteiger partial charge in [0.15, 0.2) is 0 Å². The van der Waals surface area contributed by atoms with Gasteiger partial charge in [0.2, 0.25) is 11.8 Å². The van der Waals surface area contributed by atoms with Crippen LogP contribution in [0.3, 0.4) is 0 Å². The van der Waals surface area contributed by atoms with Crippen molar-refractivity contribution < 1.29 is 9.59 Å². The van der Waals surface area contributed by atoms with Crippen molar-refractivity contribution in [3.05, 3.63) is 36.0 Å². The van der Waals surface area contributed by atoms with E-state index in [0.717, 1.165) is 45.3 Å². The van der Waals surface area contributed by atoms with Crippen LogP contribution in [0.25, 0.3) is 10.9 Å². The summed E-state index contributed by atoms with van der Waals surface area (Å²) in [7, 11) is 0. The highest BCUT2D eigenvalue weighted by Crippen LogP contribution is 2.38. The normalized spacial score (nSPS) is 27.1. The summed E-state index contributed by atoms with van der Waals surface area (Å²) in [5, 5.41) is 1.27. The number of rotatable bonds is 4. The number of hydrogen-bond donors (Lipinski definition) is 1. The summed E-state index contributed by atoms with van der Waals surface area (Å²) in [6.45, 7) is 2.54. The Morgan fingerprint density at radius 2 is 2.07 bits per heavy atom. The molecule has 3 saturated heterocycles. The van der Waals surface area contributed by atoms with Gasteiger partial charge in [-0.1, -0.05) is 18.2 Å². The summed E-state index contributed by atoms with van der Waals surface area (Å²) in [6, 6.07) is 8.72. The number of piperidine rings is 3. The van der Waals surface area contributed by atoms with E-state index in [2.05, 4.69) is 39.2 Å². The summed E-state index contributed by atoms with van der Waals surface area (Å²) >= 11 is 0. The number of fused-ring (bicyclic) bond motifs is 5. The van der Waals surface area contributed by atoms with Crippen LogP contribution in [-0.2, 0) is 16.0 Å². The number of carbonyl (C=O) groups excluding carboxylic acids is 2. The van der Waals surface area contributed by atoms with Crippen molar-refractivity contribution in [3.63, 3.8) is 0 Å². The summed E-state index contributed by atoms with van der Waals surface area (Å²) < 4.78 is 0. The first kappa shape index (κ1) is 17.8. The number of hydrogen-bond acceptors (Lipinski definition) is 2. The van der Waals surface area contributed by atoms with Gasteiger partial charge in [0.25, 0.3) is 0 Å². The largest absolute Gasteiger partial charge is 0.361 e. The molecule has 3 atom stereocenters. The number of nitrogens with one attached hydrogen (secondary N) is 1. The smallest absolute Gasteiger partial charge is 0.222 e. The molecule has 3 fully saturated rings. The van der Waals surface area contributed by atoms with Gasteiger partial charge in [0, 0.05) is 55.6 Å². The van der Waals surface area contributed by atoms with E-state index in [4.69, 9.17) is 0 Å². The average Bonchev–Trinajstić information content (AvgIpc) is 3.12. The van der Waals surface area contributed by atoms with Crippen LogP contribution < -0.4 is 0 Å². The van der Waals surface area contributed by atoms with Gasteiger partial charge in [-0.3, -0.25) is 9.59 Å². The zero-order valence-electron chi connectivity index (χ0n) is 16.4. The van der Waals surface area contributed by atoms with E-state index in [1.807, 2.05) is 6.07 Å². The van der Waals surface area contributed by atoms with Gasteiger partial charge in [0.1, 0.15) is 0 Å². The lowest BCUT2D eigenvalue weighted by Crippen LogP contribution is -2.61. The third kappa shape index (κ3) is 3.21. The third-order valence-corrected chi connectivity index (χ3v) is 7.04. The molecule has 28 heavy (non-hydrogen) atoms. The molecule has 5 rings (SSSR count). The number of aromatic amines is 1. The lowest BCUT2D eigenvalue weighted by atomic mass is 9.76. The maximum Gasteiger partial charge on any atom is 0.222 e. The highest BCUT2D eigenvalue weighted by molar-refractivity contribution is 5.83. The van der Waals surface area contributed by atoms with Crippen LogP contribution in [-0.4, -0.2) is 52.3 Å². The number of likely N-dealkylation sites (tertiary alicyclic amines) is 1. The van der Waals surface area contributed by atoms with Crippen LogP contribution in [0.4, 0.5) is 0 Å². The van der Waals surface area contributed by atoms with Crippen molar-refractivity contribution >= 4 is 22.7 Å². The molecule has 0 unspecified atom stereocenters. The molecular weight excluding hydrogens is 350 g/mol. The quantitative estimate of drug-likeness (QED) is 0.886. The van der Waals surface area contributed by atoms with E-state index in [1.54, 1.807) is 0 Å². The molecule has 1 N–H and O–H groups in total. The van der Waals surface area contributed by atoms with Crippen molar-refractivity contribution in [1.82, 2.24) is 14.8 Å². The van der Waals surface area contributed by atoms with Crippen LogP contribution >= 0.6 is 0 Å². The Bertz CT molecular complexity index is 889. The molecule has 0 aliphatic carbocycles. The molecule has 2 amide bonds. The number of aryl methyl sites for hydroxylation is 1.